The van der Waals surface area contributed by atoms with Gasteiger partial charge in [0.15, 0.2) is 0 Å². The maximum absolute atomic E-state index is 12.0. The fourth-order valence-electron chi connectivity index (χ4n) is 1.87. The number of carbonyl (C=O) groups excluding carboxylic acids is 1. The van der Waals surface area contributed by atoms with Crippen molar-refractivity contribution in [1.29, 1.82) is 0 Å². The molecule has 2 aromatic heterocycles. The summed E-state index contributed by atoms with van der Waals surface area (Å²) in [6, 6.07) is 1.45. The Kier molecular flexibility index (Phi) is 4.74. The summed E-state index contributed by atoms with van der Waals surface area (Å²) in [6.45, 7) is 6.49. The Hall–Kier alpha value is -1.64. The van der Waals surface area contributed by atoms with Crippen LogP contribution in [0.1, 0.15) is 37.7 Å². The van der Waals surface area contributed by atoms with Crippen LogP contribution in [0.2, 0.25) is 0 Å². The van der Waals surface area contributed by atoms with Gasteiger partial charge in [-0.3, -0.25) is 4.57 Å². The lowest BCUT2D eigenvalue weighted by Gasteiger charge is -2.17. The number of hydrogen-bond acceptors (Lipinski definition) is 4. The molecule has 0 aliphatic carbocycles. The van der Waals surface area contributed by atoms with E-state index in [0.717, 1.165) is 14.6 Å². The number of carbonyl (C=O) groups is 2. The zero-order valence-electron chi connectivity index (χ0n) is 12.6. The van der Waals surface area contributed by atoms with Crippen molar-refractivity contribution < 1.29 is 19.4 Å². The first-order valence-corrected chi connectivity index (χ1v) is 7.84. The molecule has 0 bridgehead atoms. The Labute approximate surface area is 141 Å². The summed E-state index contributed by atoms with van der Waals surface area (Å²) in [4.78, 5) is 27.3. The Morgan fingerprint density at radius 2 is 2.09 bits per heavy atom. The standard InChI is InChI=1S/C15H17IN2O4/c1-15(2,3)4-5-22-13(19)11-6-12-9(7-17-11)10(16)8-18(12)14(20)21/h6-8H,4-5H2,1-3H3,(H,20,21). The number of halogens is 1. The van der Waals surface area contributed by atoms with E-state index in [0.29, 0.717) is 17.5 Å². The van der Waals surface area contributed by atoms with Gasteiger partial charge in [0, 0.05) is 21.4 Å². The molecule has 0 fully saturated rings. The summed E-state index contributed by atoms with van der Waals surface area (Å²) in [5.74, 6) is -0.542. The van der Waals surface area contributed by atoms with E-state index in [1.165, 1.54) is 18.5 Å². The van der Waals surface area contributed by atoms with Crippen LogP contribution in [0.5, 0.6) is 0 Å². The Morgan fingerprint density at radius 1 is 1.41 bits per heavy atom. The van der Waals surface area contributed by atoms with Gasteiger partial charge in [-0.1, -0.05) is 20.8 Å². The number of nitrogens with zero attached hydrogens (tertiary/aromatic N) is 2. The van der Waals surface area contributed by atoms with Gasteiger partial charge in [-0.25, -0.2) is 14.6 Å². The fourth-order valence-corrected chi connectivity index (χ4v) is 2.57. The molecule has 2 aromatic rings. The van der Waals surface area contributed by atoms with Gasteiger partial charge in [0.25, 0.3) is 0 Å². The van der Waals surface area contributed by atoms with Gasteiger partial charge < -0.3 is 9.84 Å². The molecule has 7 heteroatoms. The molecule has 0 unspecified atom stereocenters. The van der Waals surface area contributed by atoms with E-state index in [1.807, 2.05) is 22.6 Å². The molecule has 0 amide bonds. The van der Waals surface area contributed by atoms with Gasteiger partial charge in [0.1, 0.15) is 5.69 Å². The Morgan fingerprint density at radius 3 is 2.68 bits per heavy atom. The number of fused-ring (bicyclic) bond motifs is 1. The van der Waals surface area contributed by atoms with E-state index in [2.05, 4.69) is 25.8 Å². The quantitative estimate of drug-likeness (QED) is 0.609. The van der Waals surface area contributed by atoms with Crippen LogP contribution in [0.3, 0.4) is 0 Å². The molecule has 2 rings (SSSR count). The summed E-state index contributed by atoms with van der Waals surface area (Å²) in [5, 5.41) is 9.87. The van der Waals surface area contributed by atoms with Crippen molar-refractivity contribution in [1.82, 2.24) is 9.55 Å². The lowest BCUT2D eigenvalue weighted by Crippen LogP contribution is -2.14. The minimum Gasteiger partial charge on any atom is -0.464 e. The Bertz CT molecular complexity index is 731. The van der Waals surface area contributed by atoms with Crippen molar-refractivity contribution >= 4 is 45.6 Å². The number of hydrogen-bond donors (Lipinski definition) is 1. The molecule has 0 aliphatic rings. The average Bonchev–Trinajstić information content (AvgIpc) is 2.74. The van der Waals surface area contributed by atoms with E-state index >= 15 is 0 Å². The zero-order valence-corrected chi connectivity index (χ0v) is 14.7. The third-order valence-electron chi connectivity index (χ3n) is 3.14. The lowest BCUT2D eigenvalue weighted by atomic mass is 9.93. The normalized spacial score (nSPS) is 11.6. The second-order valence-electron chi connectivity index (χ2n) is 6.16. The minimum absolute atomic E-state index is 0.0752. The minimum atomic E-state index is -1.11. The first-order valence-electron chi connectivity index (χ1n) is 6.76. The third-order valence-corrected chi connectivity index (χ3v) is 4.00. The highest BCUT2D eigenvalue weighted by Crippen LogP contribution is 2.23. The predicted octanol–water partition coefficient (Wildman–Crippen LogP) is 3.76. The molecule has 118 valence electrons. The molecule has 22 heavy (non-hydrogen) atoms. The maximum Gasteiger partial charge on any atom is 0.416 e. The van der Waals surface area contributed by atoms with Crippen molar-refractivity contribution in [2.24, 2.45) is 5.41 Å². The summed E-state index contributed by atoms with van der Waals surface area (Å²) >= 11 is 2.03. The van der Waals surface area contributed by atoms with E-state index < -0.39 is 12.1 Å². The van der Waals surface area contributed by atoms with Crippen LogP contribution in [0.15, 0.2) is 18.5 Å². The van der Waals surface area contributed by atoms with Gasteiger partial charge in [0.2, 0.25) is 0 Å². The maximum atomic E-state index is 12.0. The number of aromatic nitrogens is 2. The molecule has 0 spiro atoms. The van der Waals surface area contributed by atoms with Crippen molar-refractivity contribution in [2.45, 2.75) is 27.2 Å². The first-order chi connectivity index (χ1) is 10.2. The summed E-state index contributed by atoms with van der Waals surface area (Å²) in [7, 11) is 0. The number of esters is 1. The number of rotatable bonds is 3. The first kappa shape index (κ1) is 16.7. The van der Waals surface area contributed by atoms with Crippen LogP contribution in [0.4, 0.5) is 4.79 Å². The van der Waals surface area contributed by atoms with Crippen LogP contribution in [-0.4, -0.2) is 33.3 Å². The van der Waals surface area contributed by atoms with E-state index in [1.54, 1.807) is 0 Å². The molecule has 0 aromatic carbocycles. The van der Waals surface area contributed by atoms with Crippen molar-refractivity contribution in [2.75, 3.05) is 6.61 Å². The van der Waals surface area contributed by atoms with Crippen LogP contribution in [0.25, 0.3) is 10.9 Å². The molecule has 0 saturated heterocycles. The van der Waals surface area contributed by atoms with Crippen LogP contribution in [-0.2, 0) is 4.74 Å². The predicted molar refractivity (Wildman–Crippen MR) is 90.2 cm³/mol. The van der Waals surface area contributed by atoms with E-state index in [-0.39, 0.29) is 11.1 Å². The van der Waals surface area contributed by atoms with Crippen molar-refractivity contribution in [3.63, 3.8) is 0 Å². The third kappa shape index (κ3) is 3.76. The number of pyridine rings is 1. The van der Waals surface area contributed by atoms with Crippen LogP contribution in [0, 0.1) is 8.99 Å². The SMILES string of the molecule is CC(C)(C)CCOC(=O)c1cc2c(cn1)c(I)cn2C(=O)O. The Balaban J connectivity index is 2.23. The lowest BCUT2D eigenvalue weighted by molar-refractivity contribution is 0.0458. The molecular weight excluding hydrogens is 399 g/mol. The highest BCUT2D eigenvalue weighted by Gasteiger charge is 2.17. The summed E-state index contributed by atoms with van der Waals surface area (Å²) in [5.41, 5.74) is 0.610. The highest BCUT2D eigenvalue weighted by atomic mass is 127. The number of ether oxygens (including phenoxy) is 1. The van der Waals surface area contributed by atoms with Crippen LogP contribution >= 0.6 is 22.6 Å². The number of carboxylic acid groups (broad SMARTS) is 1. The highest BCUT2D eigenvalue weighted by molar-refractivity contribution is 14.1. The van der Waals surface area contributed by atoms with Gasteiger partial charge in [-0.2, -0.15) is 0 Å². The largest absolute Gasteiger partial charge is 0.464 e. The molecule has 2 heterocycles. The molecule has 1 N–H and O–H groups in total. The molecule has 0 atom stereocenters. The summed E-state index contributed by atoms with van der Waals surface area (Å²) < 4.78 is 7.03. The van der Waals surface area contributed by atoms with E-state index in [4.69, 9.17) is 4.74 Å². The fraction of sp³-hybridized carbons (Fsp3) is 0.400. The smallest absolute Gasteiger partial charge is 0.416 e. The monoisotopic (exact) mass is 416 g/mol. The van der Waals surface area contributed by atoms with Gasteiger partial charge >= 0.3 is 12.1 Å². The summed E-state index contributed by atoms with van der Waals surface area (Å²) in [6.07, 6.45) is 2.62. The molecular formula is C15H17IN2O4. The topological polar surface area (TPSA) is 81.4 Å². The van der Waals surface area contributed by atoms with Crippen LogP contribution < -0.4 is 0 Å². The van der Waals surface area contributed by atoms with Gasteiger partial charge in [-0.15, -0.1) is 0 Å². The zero-order chi connectivity index (χ0) is 16.5. The van der Waals surface area contributed by atoms with Crippen molar-refractivity contribution in [3.8, 4) is 0 Å². The van der Waals surface area contributed by atoms with Gasteiger partial charge in [-0.05, 0) is 40.5 Å². The second-order valence-corrected chi connectivity index (χ2v) is 7.33. The second kappa shape index (κ2) is 6.23. The van der Waals surface area contributed by atoms with Crippen molar-refractivity contribution in [3.05, 3.63) is 27.7 Å². The molecule has 0 saturated carbocycles. The van der Waals surface area contributed by atoms with Gasteiger partial charge in [0.05, 0.1) is 12.1 Å². The molecule has 0 aliphatic heterocycles. The van der Waals surface area contributed by atoms with E-state index in [9.17, 15) is 14.7 Å². The molecule has 6 nitrogen and oxygen atoms in total. The molecule has 0 radical (unpaired) electrons. The average molecular weight is 416 g/mol.